The quantitative estimate of drug-likeness (QED) is 0.777. The van der Waals surface area contributed by atoms with E-state index in [0.717, 1.165) is 18.4 Å². The molecular formula is C11H15NO2. The third-order valence-electron chi connectivity index (χ3n) is 2.86. The Morgan fingerprint density at radius 2 is 2.21 bits per heavy atom. The van der Waals surface area contributed by atoms with Crippen molar-refractivity contribution in [2.45, 2.75) is 25.4 Å². The van der Waals surface area contributed by atoms with E-state index in [1.165, 1.54) is 0 Å². The molecule has 0 aromatic carbocycles. The highest BCUT2D eigenvalue weighted by molar-refractivity contribution is 5.29. The van der Waals surface area contributed by atoms with Crippen LogP contribution in [0.1, 0.15) is 25.3 Å². The lowest BCUT2D eigenvalue weighted by atomic mass is 9.69. The van der Waals surface area contributed by atoms with Crippen LogP contribution in [0.3, 0.4) is 0 Å². The highest BCUT2D eigenvalue weighted by Gasteiger charge is 2.41. The lowest BCUT2D eigenvalue weighted by Gasteiger charge is -2.42. The van der Waals surface area contributed by atoms with E-state index in [1.807, 2.05) is 6.07 Å². The zero-order valence-electron chi connectivity index (χ0n) is 8.53. The maximum absolute atomic E-state index is 10.2. The molecule has 1 aromatic heterocycles. The molecule has 0 spiro atoms. The highest BCUT2D eigenvalue weighted by atomic mass is 16.5. The number of pyridine rings is 1. The van der Waals surface area contributed by atoms with E-state index in [-0.39, 0.29) is 0 Å². The summed E-state index contributed by atoms with van der Waals surface area (Å²) >= 11 is 0. The van der Waals surface area contributed by atoms with Gasteiger partial charge in [-0.1, -0.05) is 6.92 Å². The standard InChI is InChI=1S/C11H15NO2/c1-8-4-11(13,5-8)9-3-10(14-2)7-12-6-9/h3,6-8,13H,4-5H2,1-2H3. The normalized spacial score (nSPS) is 30.9. The third kappa shape index (κ3) is 1.48. The molecule has 76 valence electrons. The van der Waals surface area contributed by atoms with Gasteiger partial charge in [-0.05, 0) is 24.8 Å². The Morgan fingerprint density at radius 1 is 1.50 bits per heavy atom. The van der Waals surface area contributed by atoms with Gasteiger partial charge in [0.25, 0.3) is 0 Å². The van der Waals surface area contributed by atoms with Crippen molar-refractivity contribution in [3.05, 3.63) is 24.0 Å². The number of hydrogen-bond acceptors (Lipinski definition) is 3. The van der Waals surface area contributed by atoms with E-state index < -0.39 is 5.60 Å². The van der Waals surface area contributed by atoms with E-state index in [0.29, 0.717) is 11.7 Å². The van der Waals surface area contributed by atoms with Crippen molar-refractivity contribution >= 4 is 0 Å². The molecule has 3 heteroatoms. The first kappa shape index (κ1) is 9.46. The molecule has 0 aliphatic heterocycles. The van der Waals surface area contributed by atoms with Crippen molar-refractivity contribution in [2.75, 3.05) is 7.11 Å². The molecule has 1 fully saturated rings. The molecule has 1 aliphatic carbocycles. The fraction of sp³-hybridized carbons (Fsp3) is 0.545. The molecule has 1 heterocycles. The van der Waals surface area contributed by atoms with Crippen LogP contribution < -0.4 is 4.74 Å². The van der Waals surface area contributed by atoms with Gasteiger partial charge in [-0.15, -0.1) is 0 Å². The summed E-state index contributed by atoms with van der Waals surface area (Å²) in [6.07, 6.45) is 5.01. The van der Waals surface area contributed by atoms with E-state index in [9.17, 15) is 5.11 Å². The Kier molecular flexibility index (Phi) is 2.19. The topological polar surface area (TPSA) is 42.4 Å². The summed E-state index contributed by atoms with van der Waals surface area (Å²) in [5, 5.41) is 10.2. The van der Waals surface area contributed by atoms with Crippen molar-refractivity contribution in [1.29, 1.82) is 0 Å². The molecule has 0 saturated heterocycles. The summed E-state index contributed by atoms with van der Waals surface area (Å²) in [4.78, 5) is 4.04. The van der Waals surface area contributed by atoms with Crippen LogP contribution in [0.25, 0.3) is 0 Å². The van der Waals surface area contributed by atoms with E-state index in [4.69, 9.17) is 4.74 Å². The first-order valence-corrected chi connectivity index (χ1v) is 4.86. The van der Waals surface area contributed by atoms with Gasteiger partial charge in [0.1, 0.15) is 5.75 Å². The molecule has 0 amide bonds. The van der Waals surface area contributed by atoms with Crippen LogP contribution in [0.4, 0.5) is 0 Å². The SMILES string of the molecule is COc1cncc(C2(O)CC(C)C2)c1. The van der Waals surface area contributed by atoms with Crippen LogP contribution in [-0.4, -0.2) is 17.2 Å². The number of nitrogens with zero attached hydrogens (tertiary/aromatic N) is 1. The van der Waals surface area contributed by atoms with Crippen LogP contribution >= 0.6 is 0 Å². The van der Waals surface area contributed by atoms with E-state index in [2.05, 4.69) is 11.9 Å². The Bertz CT molecular complexity index is 332. The molecule has 0 unspecified atom stereocenters. The van der Waals surface area contributed by atoms with E-state index >= 15 is 0 Å². The van der Waals surface area contributed by atoms with Crippen LogP contribution in [0.5, 0.6) is 5.75 Å². The minimum Gasteiger partial charge on any atom is -0.495 e. The summed E-state index contributed by atoms with van der Waals surface area (Å²) < 4.78 is 5.07. The van der Waals surface area contributed by atoms with E-state index in [1.54, 1.807) is 19.5 Å². The van der Waals surface area contributed by atoms with Crippen molar-refractivity contribution in [3.63, 3.8) is 0 Å². The monoisotopic (exact) mass is 193 g/mol. The van der Waals surface area contributed by atoms with Gasteiger partial charge in [0.2, 0.25) is 0 Å². The Morgan fingerprint density at radius 3 is 2.79 bits per heavy atom. The fourth-order valence-corrected chi connectivity index (χ4v) is 2.11. The highest BCUT2D eigenvalue weighted by Crippen LogP contribution is 2.45. The predicted molar refractivity (Wildman–Crippen MR) is 53.1 cm³/mol. The van der Waals surface area contributed by atoms with Gasteiger partial charge < -0.3 is 9.84 Å². The van der Waals surface area contributed by atoms with Crippen LogP contribution in [0.2, 0.25) is 0 Å². The minimum atomic E-state index is -0.666. The van der Waals surface area contributed by atoms with Gasteiger partial charge >= 0.3 is 0 Å². The number of aliphatic hydroxyl groups is 1. The second-order valence-corrected chi connectivity index (χ2v) is 4.16. The maximum atomic E-state index is 10.2. The number of hydrogen-bond donors (Lipinski definition) is 1. The lowest BCUT2D eigenvalue weighted by Crippen LogP contribution is -2.39. The van der Waals surface area contributed by atoms with Gasteiger partial charge in [-0.2, -0.15) is 0 Å². The summed E-state index contributed by atoms with van der Waals surface area (Å²) in [6.45, 7) is 2.14. The van der Waals surface area contributed by atoms with Gasteiger partial charge in [0, 0.05) is 11.8 Å². The first-order valence-electron chi connectivity index (χ1n) is 4.86. The van der Waals surface area contributed by atoms with Gasteiger partial charge in [0.15, 0.2) is 0 Å². The molecule has 1 aliphatic rings. The summed E-state index contributed by atoms with van der Waals surface area (Å²) in [5.41, 5.74) is 0.205. The molecule has 1 aromatic rings. The van der Waals surface area contributed by atoms with Crippen LogP contribution in [0, 0.1) is 5.92 Å². The summed E-state index contributed by atoms with van der Waals surface area (Å²) in [5.74, 6) is 1.31. The molecule has 1 N–H and O–H groups in total. The second kappa shape index (κ2) is 3.24. The Hall–Kier alpha value is -1.09. The maximum Gasteiger partial charge on any atom is 0.137 e. The molecule has 2 rings (SSSR count). The summed E-state index contributed by atoms with van der Waals surface area (Å²) in [6, 6.07) is 1.86. The molecule has 14 heavy (non-hydrogen) atoms. The number of methoxy groups -OCH3 is 1. The summed E-state index contributed by atoms with van der Waals surface area (Å²) in [7, 11) is 1.61. The molecule has 1 saturated carbocycles. The van der Waals surface area contributed by atoms with Crippen molar-refractivity contribution < 1.29 is 9.84 Å². The predicted octanol–water partition coefficient (Wildman–Crippen LogP) is 1.71. The largest absolute Gasteiger partial charge is 0.495 e. The third-order valence-corrected chi connectivity index (χ3v) is 2.86. The minimum absolute atomic E-state index is 0.603. The molecular weight excluding hydrogens is 178 g/mol. The molecule has 0 radical (unpaired) electrons. The number of rotatable bonds is 2. The van der Waals surface area contributed by atoms with Gasteiger partial charge in [0.05, 0.1) is 18.9 Å². The van der Waals surface area contributed by atoms with Gasteiger partial charge in [-0.25, -0.2) is 0 Å². The molecule has 0 bridgehead atoms. The zero-order chi connectivity index (χ0) is 10.2. The molecule has 0 atom stereocenters. The van der Waals surface area contributed by atoms with Crippen molar-refractivity contribution in [2.24, 2.45) is 5.92 Å². The molecule has 3 nitrogen and oxygen atoms in total. The average Bonchev–Trinajstić information content (AvgIpc) is 2.16. The number of ether oxygens (including phenoxy) is 1. The zero-order valence-corrected chi connectivity index (χ0v) is 8.53. The second-order valence-electron chi connectivity index (χ2n) is 4.16. The Balaban J connectivity index is 2.24. The van der Waals surface area contributed by atoms with Crippen LogP contribution in [-0.2, 0) is 5.60 Å². The number of aromatic nitrogens is 1. The fourth-order valence-electron chi connectivity index (χ4n) is 2.11. The van der Waals surface area contributed by atoms with Gasteiger partial charge in [-0.3, -0.25) is 4.98 Å². The van der Waals surface area contributed by atoms with Crippen molar-refractivity contribution in [3.8, 4) is 5.75 Å². The Labute approximate surface area is 83.7 Å². The average molecular weight is 193 g/mol. The van der Waals surface area contributed by atoms with Crippen LogP contribution in [0.15, 0.2) is 18.5 Å². The smallest absolute Gasteiger partial charge is 0.137 e. The van der Waals surface area contributed by atoms with Crippen molar-refractivity contribution in [1.82, 2.24) is 4.98 Å². The first-order chi connectivity index (χ1) is 6.64. The lowest BCUT2D eigenvalue weighted by molar-refractivity contribution is -0.0742.